The van der Waals surface area contributed by atoms with E-state index in [0.717, 1.165) is 0 Å². The second-order valence-corrected chi connectivity index (χ2v) is 4.28. The summed E-state index contributed by atoms with van der Waals surface area (Å²) >= 11 is 0. The fourth-order valence-corrected chi connectivity index (χ4v) is 1.73. The number of carbonyl (C=O) groups excluding carboxylic acids is 3. The number of carbonyl (C=O) groups is 3. The molecule has 1 atom stereocenters. The molecule has 1 aliphatic carbocycles. The van der Waals surface area contributed by atoms with Gasteiger partial charge in [0.25, 0.3) is 0 Å². The first-order valence-electron chi connectivity index (χ1n) is 6.89. The van der Waals surface area contributed by atoms with Crippen LogP contribution in [0.5, 0.6) is 0 Å². The van der Waals surface area contributed by atoms with Crippen LogP contribution in [0.25, 0.3) is 5.32 Å². The van der Waals surface area contributed by atoms with Crippen molar-refractivity contribution in [3.05, 3.63) is 40.9 Å². The molecule has 1 fully saturated rings. The number of amides is 3. The summed E-state index contributed by atoms with van der Waals surface area (Å²) < 4.78 is 0. The number of piperidine rings is 1. The Morgan fingerprint density at radius 1 is 1.36 bits per heavy atom. The third kappa shape index (κ3) is 5.98. The van der Waals surface area contributed by atoms with E-state index in [4.69, 9.17) is 5.73 Å². The molecule has 1 heterocycles. The normalized spacial score (nSPS) is 20.2. The zero-order valence-corrected chi connectivity index (χ0v) is 15.5. The van der Waals surface area contributed by atoms with Gasteiger partial charge in [0.15, 0.2) is 0 Å². The van der Waals surface area contributed by atoms with Crippen molar-refractivity contribution >= 4 is 17.7 Å². The van der Waals surface area contributed by atoms with Crippen molar-refractivity contribution in [1.29, 1.82) is 0 Å². The zero-order chi connectivity index (χ0) is 15.8. The number of nitrogens with two attached hydrogens (primary N) is 1. The molecule has 1 saturated heterocycles. The molecule has 0 radical (unpaired) electrons. The summed E-state index contributed by atoms with van der Waals surface area (Å²) in [6, 6.07) is -0.808. The molecular formula is C15H19N3O3W. The Morgan fingerprint density at radius 2 is 2.05 bits per heavy atom. The molecule has 2 aliphatic rings. The SMILES string of the molecule is CC.NC1=CC=C(C(=O)[N-][C@@H]2CCC(=O)NC2=O)[C-]=CC1.[W+2]. The van der Waals surface area contributed by atoms with E-state index in [2.05, 4.69) is 16.7 Å². The summed E-state index contributed by atoms with van der Waals surface area (Å²) in [5.41, 5.74) is 6.50. The minimum absolute atomic E-state index is 0. The van der Waals surface area contributed by atoms with Crippen molar-refractivity contribution in [3.8, 4) is 0 Å². The Morgan fingerprint density at radius 3 is 2.68 bits per heavy atom. The standard InChI is InChI=1S/C13H14N3O3.C2H6.W/c14-9-3-1-2-8(4-5-9)12(18)15-10-6-7-11(17)16-13(10)19;1-2;/h1,4-5,10H,3,6-7H2,(H4,14,15,16,17,18,19);1-2H3;/q-1;;+2/p-1/t10-;;/m1../s1. The maximum atomic E-state index is 11.9. The van der Waals surface area contributed by atoms with E-state index in [1.54, 1.807) is 12.2 Å². The largest absolute Gasteiger partial charge is 2.00 e. The van der Waals surface area contributed by atoms with E-state index in [0.29, 0.717) is 12.1 Å². The Hall–Kier alpha value is -1.68. The number of nitrogens with zero attached hydrogens (tertiary/aromatic N) is 1. The van der Waals surface area contributed by atoms with Gasteiger partial charge in [-0.25, -0.2) is 0 Å². The molecule has 0 bridgehead atoms. The first-order valence-corrected chi connectivity index (χ1v) is 6.89. The molecule has 0 aromatic rings. The fraction of sp³-hybridized carbons (Fsp3) is 0.400. The van der Waals surface area contributed by atoms with Gasteiger partial charge in [-0.05, 0) is 30.5 Å². The van der Waals surface area contributed by atoms with E-state index in [-0.39, 0.29) is 45.4 Å². The minimum atomic E-state index is -0.808. The summed E-state index contributed by atoms with van der Waals surface area (Å²) in [6.45, 7) is 4.00. The van der Waals surface area contributed by atoms with Gasteiger partial charge in [-0.2, -0.15) is 17.7 Å². The van der Waals surface area contributed by atoms with Crippen LogP contribution in [-0.4, -0.2) is 23.8 Å². The van der Waals surface area contributed by atoms with Crippen molar-refractivity contribution in [1.82, 2.24) is 5.32 Å². The smallest absolute Gasteiger partial charge is 0.699 e. The van der Waals surface area contributed by atoms with Crippen LogP contribution >= 0.6 is 0 Å². The Balaban J connectivity index is 0.00000141. The number of allylic oxidation sites excluding steroid dienone is 3. The summed E-state index contributed by atoms with van der Waals surface area (Å²) in [7, 11) is 0. The Kier molecular flexibility index (Phi) is 9.34. The number of rotatable bonds is 2. The molecule has 118 valence electrons. The van der Waals surface area contributed by atoms with Gasteiger partial charge < -0.3 is 15.8 Å². The van der Waals surface area contributed by atoms with Crippen LogP contribution in [0.1, 0.15) is 33.1 Å². The van der Waals surface area contributed by atoms with Crippen LogP contribution in [0.15, 0.2) is 29.5 Å². The van der Waals surface area contributed by atoms with Crippen LogP contribution in [0, 0.1) is 6.08 Å². The molecule has 0 aromatic carbocycles. The van der Waals surface area contributed by atoms with E-state index in [1.165, 1.54) is 6.08 Å². The second-order valence-electron chi connectivity index (χ2n) is 4.28. The van der Waals surface area contributed by atoms with Gasteiger partial charge in [-0.15, -0.1) is 6.08 Å². The molecular weight excluding hydrogens is 454 g/mol. The quantitative estimate of drug-likeness (QED) is 0.466. The third-order valence-corrected chi connectivity index (χ3v) is 2.77. The maximum absolute atomic E-state index is 11.9. The summed E-state index contributed by atoms with van der Waals surface area (Å²) in [6.07, 6.45) is 8.54. The van der Waals surface area contributed by atoms with Crippen molar-refractivity contribution in [2.24, 2.45) is 5.73 Å². The summed E-state index contributed by atoms with van der Waals surface area (Å²) in [5.74, 6) is -1.39. The first-order chi connectivity index (χ1) is 10.1. The Labute approximate surface area is 144 Å². The molecule has 0 saturated carbocycles. The van der Waals surface area contributed by atoms with Crippen molar-refractivity contribution < 1.29 is 35.4 Å². The van der Waals surface area contributed by atoms with Crippen LogP contribution < -0.4 is 11.1 Å². The molecule has 0 unspecified atom stereocenters. The Bertz CT molecular complexity index is 524. The van der Waals surface area contributed by atoms with Crippen LogP contribution in [0.4, 0.5) is 0 Å². The predicted octanol–water partition coefficient (Wildman–Crippen LogP) is 1.25. The molecule has 0 aromatic heterocycles. The average Bonchev–Trinajstić information content (AvgIpc) is 2.69. The summed E-state index contributed by atoms with van der Waals surface area (Å²) in [4.78, 5) is 34.4. The first kappa shape index (κ1) is 20.3. The monoisotopic (exact) mass is 473 g/mol. The van der Waals surface area contributed by atoms with Gasteiger partial charge in [-0.1, -0.05) is 19.9 Å². The second kappa shape index (κ2) is 10.1. The average molecular weight is 473 g/mol. The molecule has 2 rings (SSSR count). The van der Waals surface area contributed by atoms with E-state index >= 15 is 0 Å². The molecule has 6 nitrogen and oxygen atoms in total. The molecule has 3 amide bonds. The van der Waals surface area contributed by atoms with Crippen molar-refractivity contribution in [2.45, 2.75) is 39.2 Å². The van der Waals surface area contributed by atoms with Gasteiger partial charge >= 0.3 is 21.1 Å². The third-order valence-electron chi connectivity index (χ3n) is 2.77. The van der Waals surface area contributed by atoms with Gasteiger partial charge in [-0.3, -0.25) is 14.9 Å². The van der Waals surface area contributed by atoms with Gasteiger partial charge in [0, 0.05) is 6.42 Å². The minimum Gasteiger partial charge on any atom is -0.699 e. The van der Waals surface area contributed by atoms with E-state index < -0.39 is 17.9 Å². The van der Waals surface area contributed by atoms with Crippen molar-refractivity contribution in [3.63, 3.8) is 0 Å². The van der Waals surface area contributed by atoms with E-state index in [1.807, 2.05) is 13.8 Å². The molecule has 0 spiro atoms. The molecule has 1 aliphatic heterocycles. The number of nitrogens with one attached hydrogen (secondary N) is 1. The number of hydrogen-bond acceptors (Lipinski definition) is 4. The number of imide groups is 1. The number of hydrogen-bond donors (Lipinski definition) is 2. The zero-order valence-electron chi connectivity index (χ0n) is 12.6. The fourth-order valence-electron chi connectivity index (χ4n) is 1.73. The van der Waals surface area contributed by atoms with Gasteiger partial charge in [0.05, 0.1) is 0 Å². The molecule has 3 N–H and O–H groups in total. The molecule has 22 heavy (non-hydrogen) atoms. The van der Waals surface area contributed by atoms with Crippen LogP contribution in [0.2, 0.25) is 0 Å². The maximum Gasteiger partial charge on any atom is 2.00 e. The van der Waals surface area contributed by atoms with Crippen LogP contribution in [0.3, 0.4) is 0 Å². The topological polar surface area (TPSA) is 103 Å². The van der Waals surface area contributed by atoms with Crippen LogP contribution in [-0.2, 0) is 35.4 Å². The molecule has 7 heteroatoms. The summed E-state index contributed by atoms with van der Waals surface area (Å²) in [5, 5.41) is 5.97. The van der Waals surface area contributed by atoms with Gasteiger partial charge in [0.2, 0.25) is 11.8 Å². The predicted molar refractivity (Wildman–Crippen MR) is 78.7 cm³/mol. The van der Waals surface area contributed by atoms with Gasteiger partial charge in [0.1, 0.15) is 0 Å². The van der Waals surface area contributed by atoms with Crippen molar-refractivity contribution in [2.75, 3.05) is 0 Å². The van der Waals surface area contributed by atoms with E-state index in [9.17, 15) is 14.4 Å².